The number of carbonyl (C=O) groups is 1. The summed E-state index contributed by atoms with van der Waals surface area (Å²) < 4.78 is 0.991. The van der Waals surface area contributed by atoms with Crippen molar-refractivity contribution >= 4 is 27.5 Å². The zero-order valence-corrected chi connectivity index (χ0v) is 12.1. The second kappa shape index (κ2) is 5.89. The number of amides is 1. The molecule has 0 saturated carbocycles. The van der Waals surface area contributed by atoms with Crippen LogP contribution in [0, 0.1) is 0 Å². The van der Waals surface area contributed by atoms with Crippen molar-refractivity contribution < 1.29 is 4.79 Å². The molecule has 1 unspecified atom stereocenters. The zero-order chi connectivity index (χ0) is 13.8. The Morgan fingerprint density at radius 3 is 2.63 bits per heavy atom. The number of hydrogen-bond donors (Lipinski definition) is 2. The average molecular weight is 319 g/mol. The lowest BCUT2D eigenvalue weighted by molar-refractivity contribution is 0.0941. The number of benzene rings is 2. The minimum absolute atomic E-state index is 0.0791. The van der Waals surface area contributed by atoms with Crippen LogP contribution in [-0.2, 0) is 0 Å². The summed E-state index contributed by atoms with van der Waals surface area (Å²) in [6.07, 6.45) is 0. The van der Waals surface area contributed by atoms with E-state index in [9.17, 15) is 4.79 Å². The monoisotopic (exact) mass is 318 g/mol. The first-order valence-corrected chi connectivity index (χ1v) is 6.78. The molecule has 4 heteroatoms. The van der Waals surface area contributed by atoms with E-state index in [2.05, 4.69) is 21.2 Å². The maximum Gasteiger partial charge on any atom is 0.253 e. The zero-order valence-electron chi connectivity index (χ0n) is 10.6. The lowest BCUT2D eigenvalue weighted by Gasteiger charge is -2.15. The van der Waals surface area contributed by atoms with Crippen LogP contribution < -0.4 is 11.1 Å². The Morgan fingerprint density at radius 2 is 1.95 bits per heavy atom. The first-order valence-electron chi connectivity index (χ1n) is 5.99. The minimum atomic E-state index is -0.162. The summed E-state index contributed by atoms with van der Waals surface area (Å²) >= 11 is 3.42. The van der Waals surface area contributed by atoms with Crippen molar-refractivity contribution in [3.8, 4) is 0 Å². The van der Waals surface area contributed by atoms with E-state index >= 15 is 0 Å². The molecule has 3 nitrogen and oxygen atoms in total. The summed E-state index contributed by atoms with van der Waals surface area (Å²) in [5.41, 5.74) is 7.82. The van der Waals surface area contributed by atoms with Crippen molar-refractivity contribution in [1.82, 2.24) is 5.32 Å². The van der Waals surface area contributed by atoms with Crippen LogP contribution in [0.1, 0.15) is 28.9 Å². The van der Waals surface area contributed by atoms with Gasteiger partial charge in [-0.1, -0.05) is 40.2 Å². The summed E-state index contributed by atoms with van der Waals surface area (Å²) in [6.45, 7) is 1.94. The van der Waals surface area contributed by atoms with Crippen molar-refractivity contribution in [2.45, 2.75) is 13.0 Å². The lowest BCUT2D eigenvalue weighted by Crippen LogP contribution is -2.27. The Kier molecular flexibility index (Phi) is 4.22. The maximum atomic E-state index is 12.1. The SMILES string of the molecule is CC(NC(=O)c1ccccc1N)c1cccc(Br)c1. The Morgan fingerprint density at radius 1 is 1.21 bits per heavy atom. The third-order valence-electron chi connectivity index (χ3n) is 2.90. The number of nitrogen functional groups attached to an aromatic ring is 1. The highest BCUT2D eigenvalue weighted by molar-refractivity contribution is 9.10. The number of hydrogen-bond acceptors (Lipinski definition) is 2. The van der Waals surface area contributed by atoms with Gasteiger partial charge in [0.15, 0.2) is 0 Å². The third-order valence-corrected chi connectivity index (χ3v) is 3.39. The molecule has 2 aromatic carbocycles. The van der Waals surface area contributed by atoms with Crippen molar-refractivity contribution in [2.24, 2.45) is 0 Å². The Balaban J connectivity index is 2.13. The van der Waals surface area contributed by atoms with Crippen LogP contribution in [0.25, 0.3) is 0 Å². The van der Waals surface area contributed by atoms with E-state index in [1.54, 1.807) is 18.2 Å². The number of nitrogens with two attached hydrogens (primary N) is 1. The molecule has 0 heterocycles. The van der Waals surface area contributed by atoms with E-state index in [0.717, 1.165) is 10.0 Å². The van der Waals surface area contributed by atoms with Gasteiger partial charge in [-0.3, -0.25) is 4.79 Å². The molecule has 0 aromatic heterocycles. The number of rotatable bonds is 3. The first kappa shape index (κ1) is 13.6. The molecule has 2 aromatic rings. The maximum absolute atomic E-state index is 12.1. The predicted octanol–water partition coefficient (Wildman–Crippen LogP) is 3.52. The average Bonchev–Trinajstić information content (AvgIpc) is 2.39. The standard InChI is InChI=1S/C15H15BrN2O/c1-10(11-5-4-6-12(16)9-11)18-15(19)13-7-2-3-8-14(13)17/h2-10H,17H2,1H3,(H,18,19). The van der Waals surface area contributed by atoms with Gasteiger partial charge < -0.3 is 11.1 Å². The number of nitrogens with one attached hydrogen (secondary N) is 1. The fourth-order valence-corrected chi connectivity index (χ4v) is 2.25. The quantitative estimate of drug-likeness (QED) is 0.851. The van der Waals surface area contributed by atoms with E-state index in [-0.39, 0.29) is 11.9 Å². The van der Waals surface area contributed by atoms with Crippen LogP contribution >= 0.6 is 15.9 Å². The van der Waals surface area contributed by atoms with Crippen LogP contribution in [0.5, 0.6) is 0 Å². The molecule has 0 spiro atoms. The molecule has 0 aliphatic carbocycles. The number of para-hydroxylation sites is 1. The molecule has 0 aliphatic rings. The van der Waals surface area contributed by atoms with Crippen molar-refractivity contribution in [2.75, 3.05) is 5.73 Å². The molecule has 0 saturated heterocycles. The number of anilines is 1. The van der Waals surface area contributed by atoms with Crippen molar-refractivity contribution in [3.63, 3.8) is 0 Å². The molecule has 0 radical (unpaired) electrons. The molecule has 1 amide bonds. The van der Waals surface area contributed by atoms with Gasteiger partial charge in [0.1, 0.15) is 0 Å². The topological polar surface area (TPSA) is 55.1 Å². The van der Waals surface area contributed by atoms with Crippen LogP contribution in [0.3, 0.4) is 0 Å². The molecule has 19 heavy (non-hydrogen) atoms. The smallest absolute Gasteiger partial charge is 0.253 e. The van der Waals surface area contributed by atoms with E-state index in [0.29, 0.717) is 11.3 Å². The molecular formula is C15H15BrN2O. The van der Waals surface area contributed by atoms with Gasteiger partial charge >= 0.3 is 0 Å². The summed E-state index contributed by atoms with van der Waals surface area (Å²) in [7, 11) is 0. The molecule has 98 valence electrons. The molecule has 0 fully saturated rings. The Labute approximate surface area is 121 Å². The summed E-state index contributed by atoms with van der Waals surface area (Å²) in [6, 6.07) is 14.8. The second-order valence-electron chi connectivity index (χ2n) is 4.34. The number of halogens is 1. The van der Waals surface area contributed by atoms with Crippen LogP contribution in [-0.4, -0.2) is 5.91 Å². The van der Waals surface area contributed by atoms with Gasteiger partial charge in [0.2, 0.25) is 0 Å². The summed E-state index contributed by atoms with van der Waals surface area (Å²) in [4.78, 5) is 12.1. The van der Waals surface area contributed by atoms with Crippen LogP contribution in [0.2, 0.25) is 0 Å². The highest BCUT2D eigenvalue weighted by atomic mass is 79.9. The van der Waals surface area contributed by atoms with Gasteiger partial charge in [-0.25, -0.2) is 0 Å². The van der Waals surface area contributed by atoms with E-state index in [4.69, 9.17) is 5.73 Å². The second-order valence-corrected chi connectivity index (χ2v) is 5.25. The van der Waals surface area contributed by atoms with Crippen LogP contribution in [0.15, 0.2) is 53.0 Å². The molecule has 0 aliphatic heterocycles. The van der Waals surface area contributed by atoms with Gasteiger partial charge in [-0.05, 0) is 36.8 Å². The Bertz CT molecular complexity index is 598. The van der Waals surface area contributed by atoms with E-state index in [1.165, 1.54) is 0 Å². The van der Waals surface area contributed by atoms with E-state index in [1.807, 2.05) is 37.3 Å². The summed E-state index contributed by atoms with van der Waals surface area (Å²) in [5, 5.41) is 2.94. The van der Waals surface area contributed by atoms with Gasteiger partial charge in [-0.2, -0.15) is 0 Å². The largest absolute Gasteiger partial charge is 0.398 e. The Hall–Kier alpha value is -1.81. The van der Waals surface area contributed by atoms with Crippen LogP contribution in [0.4, 0.5) is 5.69 Å². The highest BCUT2D eigenvalue weighted by Crippen LogP contribution is 2.19. The van der Waals surface area contributed by atoms with Gasteiger partial charge in [0.05, 0.1) is 11.6 Å². The number of carbonyl (C=O) groups excluding carboxylic acids is 1. The normalized spacial score (nSPS) is 11.9. The fourth-order valence-electron chi connectivity index (χ4n) is 1.84. The lowest BCUT2D eigenvalue weighted by atomic mass is 10.1. The van der Waals surface area contributed by atoms with Gasteiger partial charge in [-0.15, -0.1) is 0 Å². The molecule has 3 N–H and O–H groups in total. The van der Waals surface area contributed by atoms with Gasteiger partial charge in [0, 0.05) is 10.2 Å². The molecule has 2 rings (SSSR count). The van der Waals surface area contributed by atoms with Crippen molar-refractivity contribution in [1.29, 1.82) is 0 Å². The summed E-state index contributed by atoms with van der Waals surface area (Å²) in [5.74, 6) is -0.162. The third kappa shape index (κ3) is 3.35. The van der Waals surface area contributed by atoms with Crippen molar-refractivity contribution in [3.05, 3.63) is 64.1 Å². The first-order chi connectivity index (χ1) is 9.08. The molecule has 0 bridgehead atoms. The van der Waals surface area contributed by atoms with Gasteiger partial charge in [0.25, 0.3) is 5.91 Å². The fraction of sp³-hybridized carbons (Fsp3) is 0.133. The molecular weight excluding hydrogens is 304 g/mol. The molecule has 1 atom stereocenters. The minimum Gasteiger partial charge on any atom is -0.398 e. The van der Waals surface area contributed by atoms with E-state index < -0.39 is 0 Å². The highest BCUT2D eigenvalue weighted by Gasteiger charge is 2.13. The predicted molar refractivity (Wildman–Crippen MR) is 80.9 cm³/mol.